The number of rotatable bonds is 6. The first-order chi connectivity index (χ1) is 27.2. The Bertz CT molecular complexity index is 3130. The Hall–Kier alpha value is -6.45. The normalized spacial score (nSPS) is 11.6. The molecule has 0 atom stereocenters. The average molecular weight is 758 g/mol. The highest BCUT2D eigenvalue weighted by Gasteiger charge is 2.18. The molecule has 7 aromatic carbocycles. The van der Waals surface area contributed by atoms with E-state index in [0.717, 1.165) is 48.0 Å². The highest BCUT2D eigenvalue weighted by molar-refractivity contribution is 7.27. The van der Waals surface area contributed by atoms with E-state index in [1.807, 2.05) is 72.0 Å². The van der Waals surface area contributed by atoms with Crippen LogP contribution in [0.15, 0.2) is 164 Å². The largest absolute Gasteiger partial charge is 0.236 e. The van der Waals surface area contributed by atoms with Crippen LogP contribution in [0.3, 0.4) is 0 Å². The molecular weight excluding hydrogens is 731 g/mol. The fourth-order valence-corrected chi connectivity index (χ4v) is 10.6. The number of fused-ring (bicyclic) bond motifs is 5. The maximum atomic E-state index is 5.11. The third kappa shape index (κ3) is 5.70. The van der Waals surface area contributed by atoms with Gasteiger partial charge >= 0.3 is 0 Å². The van der Waals surface area contributed by atoms with E-state index in [0.29, 0.717) is 17.5 Å². The van der Waals surface area contributed by atoms with Gasteiger partial charge in [0, 0.05) is 48.0 Å². The van der Waals surface area contributed by atoms with E-state index >= 15 is 0 Å². The smallest absolute Gasteiger partial charge is 0.164 e. The van der Waals surface area contributed by atoms with Gasteiger partial charge in [0.15, 0.2) is 17.5 Å². The summed E-state index contributed by atoms with van der Waals surface area (Å²) in [6.07, 6.45) is 0. The van der Waals surface area contributed by atoms with Crippen LogP contribution in [-0.2, 0) is 0 Å². The van der Waals surface area contributed by atoms with Gasteiger partial charge in [-0.15, -0.1) is 34.0 Å². The molecule has 0 radical (unpaired) electrons. The van der Waals surface area contributed by atoms with Gasteiger partial charge in [0.05, 0.1) is 20.4 Å². The van der Waals surface area contributed by atoms with Crippen LogP contribution >= 0.6 is 34.0 Å². The second-order valence-corrected chi connectivity index (χ2v) is 16.4. The first-order valence-corrected chi connectivity index (χ1v) is 20.4. The van der Waals surface area contributed by atoms with Crippen LogP contribution in [0.2, 0.25) is 0 Å². The number of thiazole rings is 2. The van der Waals surface area contributed by atoms with Crippen molar-refractivity contribution in [2.75, 3.05) is 0 Å². The van der Waals surface area contributed by atoms with E-state index in [2.05, 4.69) is 103 Å². The SMILES string of the molecule is c1ccc(-c2nc(-c3ccccc3)nc(-c3ccc4nc(-c5cccc(-c6cccc7c6sc6c(-c8nc9ccccc9s8)cccc67)c5)sc4c3)n2)cc1. The third-order valence-corrected chi connectivity index (χ3v) is 13.2. The zero-order valence-corrected chi connectivity index (χ0v) is 31.5. The predicted octanol–water partition coefficient (Wildman–Crippen LogP) is 13.5. The average Bonchev–Trinajstić information content (AvgIpc) is 3.99. The molecule has 11 rings (SSSR count). The van der Waals surface area contributed by atoms with Crippen molar-refractivity contribution in [3.8, 4) is 66.4 Å². The highest BCUT2D eigenvalue weighted by Crippen LogP contribution is 2.45. The lowest BCUT2D eigenvalue weighted by molar-refractivity contribution is 1.07. The maximum absolute atomic E-state index is 5.11. The molecule has 0 saturated heterocycles. The molecule has 258 valence electrons. The van der Waals surface area contributed by atoms with Crippen LogP contribution in [0, 0.1) is 0 Å². The van der Waals surface area contributed by atoms with Crippen molar-refractivity contribution in [1.82, 2.24) is 24.9 Å². The molecular formula is C47H27N5S3. The van der Waals surface area contributed by atoms with Crippen LogP contribution in [0.1, 0.15) is 0 Å². The topological polar surface area (TPSA) is 64.5 Å². The minimum Gasteiger partial charge on any atom is -0.236 e. The Morgan fingerprint density at radius 3 is 1.58 bits per heavy atom. The van der Waals surface area contributed by atoms with E-state index in [1.54, 1.807) is 22.7 Å². The number of aromatic nitrogens is 5. The van der Waals surface area contributed by atoms with Gasteiger partial charge in [0.1, 0.15) is 10.0 Å². The quantitative estimate of drug-likeness (QED) is 0.169. The lowest BCUT2D eigenvalue weighted by atomic mass is 10.0. The second kappa shape index (κ2) is 13.1. The molecule has 0 saturated carbocycles. The van der Waals surface area contributed by atoms with Crippen molar-refractivity contribution in [3.05, 3.63) is 164 Å². The third-order valence-electron chi connectivity index (χ3n) is 9.82. The summed E-state index contributed by atoms with van der Waals surface area (Å²) in [6, 6.07) is 56.8. The molecule has 0 amide bonds. The summed E-state index contributed by atoms with van der Waals surface area (Å²) < 4.78 is 4.83. The predicted molar refractivity (Wildman–Crippen MR) is 232 cm³/mol. The molecule has 5 nitrogen and oxygen atoms in total. The van der Waals surface area contributed by atoms with E-state index in [4.69, 9.17) is 24.9 Å². The molecule has 4 heterocycles. The second-order valence-electron chi connectivity index (χ2n) is 13.3. The fourth-order valence-electron chi connectivity index (χ4n) is 7.15. The van der Waals surface area contributed by atoms with Gasteiger partial charge in [0.2, 0.25) is 0 Å². The van der Waals surface area contributed by atoms with Gasteiger partial charge in [-0.3, -0.25) is 0 Å². The van der Waals surface area contributed by atoms with Crippen molar-refractivity contribution in [2.45, 2.75) is 0 Å². The minimum absolute atomic E-state index is 0.634. The Morgan fingerprint density at radius 1 is 0.309 bits per heavy atom. The number of benzene rings is 7. The summed E-state index contributed by atoms with van der Waals surface area (Å²) in [7, 11) is 0. The van der Waals surface area contributed by atoms with Gasteiger partial charge in [-0.05, 0) is 47.5 Å². The van der Waals surface area contributed by atoms with E-state index < -0.39 is 0 Å². The summed E-state index contributed by atoms with van der Waals surface area (Å²) in [6.45, 7) is 0. The molecule has 8 heteroatoms. The molecule has 0 bridgehead atoms. The van der Waals surface area contributed by atoms with E-state index in [1.165, 1.54) is 41.6 Å². The van der Waals surface area contributed by atoms with Gasteiger partial charge in [0.25, 0.3) is 0 Å². The Balaban J connectivity index is 0.975. The fraction of sp³-hybridized carbons (Fsp3) is 0. The summed E-state index contributed by atoms with van der Waals surface area (Å²) in [4.78, 5) is 24.9. The first kappa shape index (κ1) is 32.0. The van der Waals surface area contributed by atoms with Crippen molar-refractivity contribution < 1.29 is 0 Å². The van der Waals surface area contributed by atoms with Crippen molar-refractivity contribution in [3.63, 3.8) is 0 Å². The Morgan fingerprint density at radius 2 is 0.855 bits per heavy atom. The lowest BCUT2D eigenvalue weighted by Crippen LogP contribution is -1.99. The summed E-state index contributed by atoms with van der Waals surface area (Å²) in [5.74, 6) is 1.93. The minimum atomic E-state index is 0.634. The van der Waals surface area contributed by atoms with Crippen molar-refractivity contribution in [2.24, 2.45) is 0 Å². The van der Waals surface area contributed by atoms with Crippen molar-refractivity contribution >= 4 is 74.6 Å². The van der Waals surface area contributed by atoms with Crippen LogP contribution < -0.4 is 0 Å². The van der Waals surface area contributed by atoms with Crippen LogP contribution in [0.5, 0.6) is 0 Å². The van der Waals surface area contributed by atoms with E-state index in [9.17, 15) is 0 Å². The zero-order valence-electron chi connectivity index (χ0n) is 29.0. The monoisotopic (exact) mass is 757 g/mol. The van der Waals surface area contributed by atoms with Gasteiger partial charge in [-0.1, -0.05) is 127 Å². The molecule has 0 aliphatic heterocycles. The van der Waals surface area contributed by atoms with Crippen LogP contribution in [-0.4, -0.2) is 24.9 Å². The van der Waals surface area contributed by atoms with Gasteiger partial charge in [-0.25, -0.2) is 24.9 Å². The molecule has 11 aromatic rings. The molecule has 0 spiro atoms. The Kier molecular flexibility index (Phi) is 7.65. The number of nitrogens with zero attached hydrogens (tertiary/aromatic N) is 5. The molecule has 0 aliphatic carbocycles. The number of para-hydroxylation sites is 1. The number of hydrogen-bond donors (Lipinski definition) is 0. The molecule has 0 N–H and O–H groups in total. The van der Waals surface area contributed by atoms with E-state index in [-0.39, 0.29) is 0 Å². The standard InChI is InChI=1S/C47H27N5S3/c1-3-12-28(13-4-1)43-50-44(29-14-5-2-6-15-29)52-45(51-43)31-24-25-38-40(27-31)54-46(48-38)32-17-9-16-30(26-32)33-18-10-19-34-35-20-11-21-36(42(35)55-41(33)34)47-49-37-22-7-8-23-39(37)53-47/h1-27H. The maximum Gasteiger partial charge on any atom is 0.164 e. The summed E-state index contributed by atoms with van der Waals surface area (Å²) in [5, 5.41) is 4.56. The van der Waals surface area contributed by atoms with Crippen LogP contribution in [0.4, 0.5) is 0 Å². The zero-order chi connectivity index (χ0) is 36.3. The van der Waals surface area contributed by atoms with Gasteiger partial charge < -0.3 is 0 Å². The number of hydrogen-bond acceptors (Lipinski definition) is 8. The molecule has 0 fully saturated rings. The molecule has 55 heavy (non-hydrogen) atoms. The molecule has 0 unspecified atom stereocenters. The molecule has 4 aromatic heterocycles. The van der Waals surface area contributed by atoms with Gasteiger partial charge in [-0.2, -0.15) is 0 Å². The van der Waals surface area contributed by atoms with Crippen molar-refractivity contribution in [1.29, 1.82) is 0 Å². The highest BCUT2D eigenvalue weighted by atomic mass is 32.1. The lowest BCUT2D eigenvalue weighted by Gasteiger charge is -2.08. The summed E-state index contributed by atoms with van der Waals surface area (Å²) in [5.41, 5.74) is 9.49. The first-order valence-electron chi connectivity index (χ1n) is 17.9. The molecule has 0 aliphatic rings. The van der Waals surface area contributed by atoms with Crippen LogP contribution in [0.25, 0.3) is 107 Å². The number of thiophene rings is 1. The Labute approximate surface area is 328 Å². The summed E-state index contributed by atoms with van der Waals surface area (Å²) >= 11 is 5.30.